The van der Waals surface area contributed by atoms with E-state index in [9.17, 15) is 9.59 Å². The maximum atomic E-state index is 11.5. The lowest BCUT2D eigenvalue weighted by Gasteiger charge is -2.37. The summed E-state index contributed by atoms with van der Waals surface area (Å²) in [6, 6.07) is -0.471. The van der Waals surface area contributed by atoms with Gasteiger partial charge in [-0.15, -0.1) is 0 Å². The van der Waals surface area contributed by atoms with Crippen molar-refractivity contribution in [2.75, 3.05) is 26.2 Å². The van der Waals surface area contributed by atoms with E-state index < -0.39 is 6.03 Å². The summed E-state index contributed by atoms with van der Waals surface area (Å²) in [5.74, 6) is -0.0469. The molecule has 0 radical (unpaired) electrons. The van der Waals surface area contributed by atoms with E-state index in [2.05, 4.69) is 10.6 Å². The fourth-order valence-electron chi connectivity index (χ4n) is 1.66. The number of nitrogens with zero attached hydrogens (tertiary/aromatic N) is 1. The summed E-state index contributed by atoms with van der Waals surface area (Å²) in [7, 11) is 0. The first-order chi connectivity index (χ1) is 7.80. The van der Waals surface area contributed by atoms with Crippen molar-refractivity contribution in [1.82, 2.24) is 15.5 Å². The first-order valence-corrected chi connectivity index (χ1v) is 5.75. The molecule has 0 aliphatic carbocycles. The summed E-state index contributed by atoms with van der Waals surface area (Å²) in [5.41, 5.74) is -0.358. The monoisotopic (exact) mass is 243 g/mol. The molecule has 1 aliphatic heterocycles. The van der Waals surface area contributed by atoms with E-state index in [0.29, 0.717) is 13.1 Å². The zero-order valence-corrected chi connectivity index (χ0v) is 10.6. The number of amides is 3. The molecule has 0 saturated carbocycles. The highest BCUT2D eigenvalue weighted by atomic mass is 16.3. The Morgan fingerprint density at radius 1 is 1.35 bits per heavy atom. The summed E-state index contributed by atoms with van der Waals surface area (Å²) in [4.78, 5) is 24.7. The number of nitrogens with one attached hydrogen (secondary N) is 2. The average Bonchev–Trinajstić information content (AvgIpc) is 2.06. The predicted octanol–water partition coefficient (Wildman–Crippen LogP) is -0.465. The number of hydrogen-bond acceptors (Lipinski definition) is 4. The molecular formula is C11H21N3O3. The SMILES string of the molecule is CC(C)(C)NC(=O)NC(=O)CN1CC(CO)C1. The second-order valence-electron chi connectivity index (χ2n) is 5.49. The van der Waals surface area contributed by atoms with Gasteiger partial charge in [0.1, 0.15) is 0 Å². The van der Waals surface area contributed by atoms with Crippen molar-refractivity contribution in [2.24, 2.45) is 5.92 Å². The molecule has 0 aromatic rings. The van der Waals surface area contributed by atoms with Crippen molar-refractivity contribution in [3.8, 4) is 0 Å². The molecule has 1 rings (SSSR count). The van der Waals surface area contributed by atoms with Crippen LogP contribution in [0.25, 0.3) is 0 Å². The third-order valence-electron chi connectivity index (χ3n) is 2.40. The van der Waals surface area contributed by atoms with Gasteiger partial charge in [-0.2, -0.15) is 0 Å². The number of rotatable bonds is 3. The Morgan fingerprint density at radius 3 is 2.41 bits per heavy atom. The lowest BCUT2D eigenvalue weighted by Crippen LogP contribution is -2.54. The number of aliphatic hydroxyl groups is 1. The molecule has 0 spiro atoms. The molecule has 0 bridgehead atoms. The van der Waals surface area contributed by atoms with E-state index in [0.717, 1.165) is 0 Å². The third-order valence-corrected chi connectivity index (χ3v) is 2.40. The highest BCUT2D eigenvalue weighted by Gasteiger charge is 2.27. The van der Waals surface area contributed by atoms with Crippen LogP contribution in [0, 0.1) is 5.92 Å². The van der Waals surface area contributed by atoms with Crippen LogP contribution in [-0.4, -0.2) is 53.7 Å². The van der Waals surface area contributed by atoms with Crippen molar-refractivity contribution >= 4 is 11.9 Å². The van der Waals surface area contributed by atoms with Crippen LogP contribution in [0.3, 0.4) is 0 Å². The van der Waals surface area contributed by atoms with Gasteiger partial charge in [-0.25, -0.2) is 4.79 Å². The first kappa shape index (κ1) is 13.9. The number of urea groups is 1. The van der Waals surface area contributed by atoms with E-state index >= 15 is 0 Å². The summed E-state index contributed by atoms with van der Waals surface area (Å²) in [6.07, 6.45) is 0. The largest absolute Gasteiger partial charge is 0.396 e. The molecule has 1 saturated heterocycles. The zero-order chi connectivity index (χ0) is 13.1. The van der Waals surface area contributed by atoms with Gasteiger partial charge in [-0.1, -0.05) is 0 Å². The standard InChI is InChI=1S/C11H21N3O3/c1-11(2,3)13-10(17)12-9(16)6-14-4-8(5-14)7-15/h8,15H,4-7H2,1-3H3,(H2,12,13,16,17). The Balaban J connectivity index is 2.20. The van der Waals surface area contributed by atoms with Crippen molar-refractivity contribution in [3.05, 3.63) is 0 Å². The molecule has 17 heavy (non-hydrogen) atoms. The van der Waals surface area contributed by atoms with E-state index in [4.69, 9.17) is 5.11 Å². The molecule has 0 atom stereocenters. The summed E-state index contributed by atoms with van der Waals surface area (Å²) >= 11 is 0. The minimum absolute atomic E-state index is 0.155. The van der Waals surface area contributed by atoms with Crippen molar-refractivity contribution in [2.45, 2.75) is 26.3 Å². The Bertz CT molecular complexity index is 293. The van der Waals surface area contributed by atoms with E-state index in [1.54, 1.807) is 0 Å². The molecular weight excluding hydrogens is 222 g/mol. The van der Waals surface area contributed by atoms with Crippen molar-refractivity contribution in [3.63, 3.8) is 0 Å². The van der Waals surface area contributed by atoms with Crippen LogP contribution >= 0.6 is 0 Å². The quantitative estimate of drug-likeness (QED) is 0.626. The minimum Gasteiger partial charge on any atom is -0.396 e. The van der Waals surface area contributed by atoms with Crippen LogP contribution in [0.4, 0.5) is 4.79 Å². The number of hydrogen-bond donors (Lipinski definition) is 3. The number of carbonyl (C=O) groups excluding carboxylic acids is 2. The van der Waals surface area contributed by atoms with Crippen molar-refractivity contribution < 1.29 is 14.7 Å². The fourth-order valence-corrected chi connectivity index (χ4v) is 1.66. The maximum absolute atomic E-state index is 11.5. The molecule has 1 heterocycles. The second kappa shape index (κ2) is 5.46. The van der Waals surface area contributed by atoms with Gasteiger partial charge in [-0.3, -0.25) is 15.0 Å². The van der Waals surface area contributed by atoms with Crippen LogP contribution in [0.2, 0.25) is 0 Å². The fraction of sp³-hybridized carbons (Fsp3) is 0.818. The van der Waals surface area contributed by atoms with E-state index in [1.807, 2.05) is 25.7 Å². The maximum Gasteiger partial charge on any atom is 0.321 e. The number of likely N-dealkylation sites (tertiary alicyclic amines) is 1. The lowest BCUT2D eigenvalue weighted by molar-refractivity contribution is -0.123. The smallest absolute Gasteiger partial charge is 0.321 e. The van der Waals surface area contributed by atoms with Gasteiger partial charge < -0.3 is 10.4 Å². The molecule has 0 aromatic heterocycles. The Morgan fingerprint density at radius 2 is 1.94 bits per heavy atom. The van der Waals surface area contributed by atoms with Gasteiger partial charge in [0.05, 0.1) is 6.54 Å². The van der Waals surface area contributed by atoms with E-state index in [-0.39, 0.29) is 30.5 Å². The van der Waals surface area contributed by atoms with Crippen LogP contribution in [0.1, 0.15) is 20.8 Å². The molecule has 6 nitrogen and oxygen atoms in total. The van der Waals surface area contributed by atoms with Gasteiger partial charge >= 0.3 is 6.03 Å². The molecule has 3 amide bonds. The Kier molecular flexibility index (Phi) is 4.47. The van der Waals surface area contributed by atoms with Crippen molar-refractivity contribution in [1.29, 1.82) is 0 Å². The number of imide groups is 1. The van der Waals surface area contributed by atoms with Crippen LogP contribution < -0.4 is 10.6 Å². The van der Waals surface area contributed by atoms with E-state index in [1.165, 1.54) is 0 Å². The first-order valence-electron chi connectivity index (χ1n) is 5.75. The normalized spacial score (nSPS) is 17.4. The Labute approximate surface area is 101 Å². The minimum atomic E-state index is -0.471. The lowest BCUT2D eigenvalue weighted by atomic mass is 10.0. The summed E-state index contributed by atoms with van der Waals surface area (Å²) in [5, 5.41) is 13.7. The number of carbonyl (C=O) groups is 2. The summed E-state index contributed by atoms with van der Waals surface area (Å²) in [6.45, 7) is 7.32. The zero-order valence-electron chi connectivity index (χ0n) is 10.6. The highest BCUT2D eigenvalue weighted by molar-refractivity contribution is 5.95. The van der Waals surface area contributed by atoms with Gasteiger partial charge in [0.2, 0.25) is 5.91 Å². The molecule has 0 unspecified atom stereocenters. The molecule has 0 aromatic carbocycles. The van der Waals surface area contributed by atoms with Gasteiger partial charge in [0.25, 0.3) is 0 Å². The Hall–Kier alpha value is -1.14. The average molecular weight is 243 g/mol. The van der Waals surface area contributed by atoms with Crippen LogP contribution in [0.15, 0.2) is 0 Å². The van der Waals surface area contributed by atoms with Gasteiger partial charge in [0, 0.05) is 31.2 Å². The predicted molar refractivity (Wildman–Crippen MR) is 63.4 cm³/mol. The van der Waals surface area contributed by atoms with Crippen LogP contribution in [-0.2, 0) is 4.79 Å². The van der Waals surface area contributed by atoms with Gasteiger partial charge in [0.15, 0.2) is 0 Å². The van der Waals surface area contributed by atoms with Gasteiger partial charge in [-0.05, 0) is 20.8 Å². The molecule has 98 valence electrons. The molecule has 3 N–H and O–H groups in total. The molecule has 6 heteroatoms. The summed E-state index contributed by atoms with van der Waals surface area (Å²) < 4.78 is 0. The molecule has 1 fully saturated rings. The third kappa shape index (κ3) is 5.14. The second-order valence-corrected chi connectivity index (χ2v) is 5.49. The van der Waals surface area contributed by atoms with Crippen LogP contribution in [0.5, 0.6) is 0 Å². The molecule has 1 aliphatic rings. The topological polar surface area (TPSA) is 81.7 Å². The number of aliphatic hydroxyl groups excluding tert-OH is 1. The highest BCUT2D eigenvalue weighted by Crippen LogP contribution is 2.13.